The molecule has 1 N–H and O–H groups in total. The molecular formula is C16H17BrN2O3S. The molecule has 23 heavy (non-hydrogen) atoms. The maximum atomic E-state index is 12.2. The number of hydrogen-bond acceptors (Lipinski definition) is 5. The van der Waals surface area contributed by atoms with Crippen LogP contribution in [0.3, 0.4) is 0 Å². The zero-order valence-electron chi connectivity index (χ0n) is 13.1. The molecule has 7 heteroatoms. The van der Waals surface area contributed by atoms with Crippen LogP contribution in [0.5, 0.6) is 11.5 Å². The average molecular weight is 397 g/mol. The molecule has 0 atom stereocenters. The first kappa shape index (κ1) is 17.5. The number of methoxy groups -OCH3 is 1. The van der Waals surface area contributed by atoms with Gasteiger partial charge in [-0.15, -0.1) is 11.3 Å². The van der Waals surface area contributed by atoms with Gasteiger partial charge in [0.15, 0.2) is 11.5 Å². The van der Waals surface area contributed by atoms with Gasteiger partial charge in [0.2, 0.25) is 0 Å². The highest BCUT2D eigenvalue weighted by molar-refractivity contribution is 9.10. The number of hydrazone groups is 1. The molecule has 1 aromatic heterocycles. The summed E-state index contributed by atoms with van der Waals surface area (Å²) in [6.07, 6.45) is 1.62. The number of nitrogens with one attached hydrogen (secondary N) is 1. The second kappa shape index (κ2) is 8.12. The number of carbonyl (C=O) groups is 1. The van der Waals surface area contributed by atoms with Crippen molar-refractivity contribution >= 4 is 39.4 Å². The number of halogens is 1. The van der Waals surface area contributed by atoms with Crippen molar-refractivity contribution in [3.63, 3.8) is 0 Å². The maximum absolute atomic E-state index is 12.2. The van der Waals surface area contributed by atoms with E-state index in [1.54, 1.807) is 29.7 Å². The lowest BCUT2D eigenvalue weighted by Crippen LogP contribution is -2.17. The summed E-state index contributed by atoms with van der Waals surface area (Å²) in [4.78, 5) is 14.4. The molecule has 1 amide bonds. The van der Waals surface area contributed by atoms with Crippen molar-refractivity contribution in [2.75, 3.05) is 13.7 Å². The van der Waals surface area contributed by atoms with Gasteiger partial charge in [-0.25, -0.2) is 5.43 Å². The molecule has 0 aliphatic carbocycles. The van der Waals surface area contributed by atoms with E-state index in [9.17, 15) is 4.79 Å². The Kier molecular flexibility index (Phi) is 6.18. The fourth-order valence-electron chi connectivity index (χ4n) is 1.88. The second-order valence-electron chi connectivity index (χ2n) is 4.57. The Hall–Kier alpha value is -1.86. The van der Waals surface area contributed by atoms with Crippen LogP contribution >= 0.6 is 27.3 Å². The topological polar surface area (TPSA) is 59.9 Å². The molecule has 0 aliphatic rings. The van der Waals surface area contributed by atoms with Crippen LogP contribution in [0.4, 0.5) is 0 Å². The van der Waals surface area contributed by atoms with E-state index in [1.165, 1.54) is 12.0 Å². The fraction of sp³-hybridized carbons (Fsp3) is 0.250. The number of amides is 1. The first-order valence-electron chi connectivity index (χ1n) is 6.95. The molecular weight excluding hydrogens is 380 g/mol. The van der Waals surface area contributed by atoms with Crippen LogP contribution < -0.4 is 14.9 Å². The van der Waals surface area contributed by atoms with E-state index in [1.807, 2.05) is 26.0 Å². The molecule has 1 heterocycles. The van der Waals surface area contributed by atoms with Gasteiger partial charge in [0.25, 0.3) is 5.91 Å². The first-order chi connectivity index (χ1) is 11.0. The van der Waals surface area contributed by atoms with Crippen molar-refractivity contribution in [2.45, 2.75) is 13.8 Å². The van der Waals surface area contributed by atoms with E-state index in [-0.39, 0.29) is 5.91 Å². The van der Waals surface area contributed by atoms with Gasteiger partial charge in [-0.2, -0.15) is 5.10 Å². The summed E-state index contributed by atoms with van der Waals surface area (Å²) < 4.78 is 11.4. The Morgan fingerprint density at radius 3 is 2.83 bits per heavy atom. The van der Waals surface area contributed by atoms with E-state index in [0.717, 1.165) is 4.88 Å². The molecule has 0 bridgehead atoms. The minimum Gasteiger partial charge on any atom is -0.493 e. The molecule has 0 spiro atoms. The number of aryl methyl sites for hydroxylation is 1. The van der Waals surface area contributed by atoms with Gasteiger partial charge in [-0.1, -0.05) is 0 Å². The summed E-state index contributed by atoms with van der Waals surface area (Å²) in [6, 6.07) is 7.25. The summed E-state index contributed by atoms with van der Waals surface area (Å²) in [7, 11) is 1.53. The van der Waals surface area contributed by atoms with Gasteiger partial charge in [0, 0.05) is 15.3 Å². The van der Waals surface area contributed by atoms with Crippen LogP contribution in [0.25, 0.3) is 0 Å². The number of ether oxygens (including phenoxy) is 2. The minimum atomic E-state index is -0.323. The number of rotatable bonds is 6. The Balaban J connectivity index is 2.12. The Bertz CT molecular complexity index is 728. The first-order valence-corrected chi connectivity index (χ1v) is 8.56. The van der Waals surface area contributed by atoms with Gasteiger partial charge in [-0.05, 0) is 54.0 Å². The number of nitrogens with zero attached hydrogens (tertiary/aromatic N) is 1. The van der Waals surface area contributed by atoms with Gasteiger partial charge in [0.1, 0.15) is 0 Å². The highest BCUT2D eigenvalue weighted by Gasteiger charge is 2.15. The number of carbonyl (C=O) groups excluding carboxylic acids is 1. The Morgan fingerprint density at radius 1 is 1.43 bits per heavy atom. The molecule has 2 aromatic rings. The molecule has 1 aromatic carbocycles. The zero-order valence-corrected chi connectivity index (χ0v) is 15.5. The third kappa shape index (κ3) is 4.56. The van der Waals surface area contributed by atoms with Crippen molar-refractivity contribution in [3.05, 3.63) is 44.1 Å². The van der Waals surface area contributed by atoms with E-state index in [0.29, 0.717) is 28.1 Å². The monoisotopic (exact) mass is 396 g/mol. The van der Waals surface area contributed by atoms with Crippen LogP contribution in [-0.4, -0.2) is 25.8 Å². The highest BCUT2D eigenvalue weighted by Crippen LogP contribution is 2.36. The Morgan fingerprint density at radius 2 is 2.22 bits per heavy atom. The van der Waals surface area contributed by atoms with Crippen LogP contribution in [0, 0.1) is 6.92 Å². The molecule has 0 saturated carbocycles. The van der Waals surface area contributed by atoms with Crippen LogP contribution in [-0.2, 0) is 0 Å². The zero-order chi connectivity index (χ0) is 16.8. The quantitative estimate of drug-likeness (QED) is 0.592. The minimum absolute atomic E-state index is 0.323. The summed E-state index contributed by atoms with van der Waals surface area (Å²) in [6.45, 7) is 4.41. The van der Waals surface area contributed by atoms with Crippen molar-refractivity contribution in [2.24, 2.45) is 5.10 Å². The smallest absolute Gasteiger partial charge is 0.271 e. The molecule has 2 rings (SSSR count). The third-order valence-electron chi connectivity index (χ3n) is 2.90. The molecule has 0 saturated heterocycles. The van der Waals surface area contributed by atoms with E-state index >= 15 is 0 Å². The SMILES string of the molecule is CCOc1c(Br)cc(C(=O)N/N=C\c2ccc(C)s2)cc1OC. The van der Waals surface area contributed by atoms with Crippen molar-refractivity contribution in [1.82, 2.24) is 5.43 Å². The second-order valence-corrected chi connectivity index (χ2v) is 6.74. The van der Waals surface area contributed by atoms with Crippen molar-refractivity contribution in [1.29, 1.82) is 0 Å². The van der Waals surface area contributed by atoms with Gasteiger partial charge in [-0.3, -0.25) is 4.79 Å². The number of thiophene rings is 1. The summed E-state index contributed by atoms with van der Waals surface area (Å²) in [5.41, 5.74) is 2.93. The average Bonchev–Trinajstić information content (AvgIpc) is 2.94. The van der Waals surface area contributed by atoms with Gasteiger partial charge in [0.05, 0.1) is 24.4 Å². The molecule has 5 nitrogen and oxygen atoms in total. The lowest BCUT2D eigenvalue weighted by Gasteiger charge is -2.12. The van der Waals surface area contributed by atoms with Crippen LogP contribution in [0.15, 0.2) is 33.8 Å². The van der Waals surface area contributed by atoms with Crippen molar-refractivity contribution < 1.29 is 14.3 Å². The molecule has 0 radical (unpaired) electrons. The lowest BCUT2D eigenvalue weighted by molar-refractivity contribution is 0.0954. The number of hydrogen-bond donors (Lipinski definition) is 1. The van der Waals surface area contributed by atoms with Crippen molar-refractivity contribution in [3.8, 4) is 11.5 Å². The van der Waals surface area contributed by atoms with Crippen LogP contribution in [0.1, 0.15) is 27.0 Å². The van der Waals surface area contributed by atoms with Gasteiger partial charge < -0.3 is 9.47 Å². The predicted molar refractivity (Wildman–Crippen MR) is 96.0 cm³/mol. The molecule has 0 aliphatic heterocycles. The van der Waals surface area contributed by atoms with E-state index in [2.05, 4.69) is 26.5 Å². The summed E-state index contributed by atoms with van der Waals surface area (Å²) in [5.74, 6) is 0.741. The fourth-order valence-corrected chi connectivity index (χ4v) is 3.18. The van der Waals surface area contributed by atoms with Crippen LogP contribution in [0.2, 0.25) is 0 Å². The molecule has 0 fully saturated rings. The predicted octanol–water partition coefficient (Wildman–Crippen LogP) is 3.99. The number of benzene rings is 1. The maximum Gasteiger partial charge on any atom is 0.271 e. The van der Waals surface area contributed by atoms with Gasteiger partial charge >= 0.3 is 0 Å². The lowest BCUT2D eigenvalue weighted by atomic mass is 10.2. The highest BCUT2D eigenvalue weighted by atomic mass is 79.9. The van der Waals surface area contributed by atoms with E-state index < -0.39 is 0 Å². The standard InChI is InChI=1S/C16H17BrN2O3S/c1-4-22-15-13(17)7-11(8-14(15)21-3)16(20)19-18-9-12-6-5-10(2)23-12/h5-9H,4H2,1-3H3,(H,19,20)/b18-9-. The molecule has 122 valence electrons. The summed E-state index contributed by atoms with van der Waals surface area (Å²) in [5, 5.41) is 3.97. The van der Waals surface area contributed by atoms with E-state index in [4.69, 9.17) is 9.47 Å². The summed E-state index contributed by atoms with van der Waals surface area (Å²) >= 11 is 5.00. The normalized spacial score (nSPS) is 10.8. The molecule has 0 unspecified atom stereocenters. The Labute approximate surface area is 147 Å². The third-order valence-corrected chi connectivity index (χ3v) is 4.42. The largest absolute Gasteiger partial charge is 0.493 e.